The van der Waals surface area contributed by atoms with Crippen LogP contribution in [0.1, 0.15) is 35.2 Å². The van der Waals surface area contributed by atoms with Gasteiger partial charge in [-0.15, -0.1) is 0 Å². The minimum atomic E-state index is -4.21. The fourth-order valence-corrected chi connectivity index (χ4v) is 7.31. The molecule has 2 amide bonds. The maximum absolute atomic E-state index is 14.1. The number of nitrogens with zero attached hydrogens (tertiary/aromatic N) is 3. The zero-order chi connectivity index (χ0) is 28.8. The first-order valence-electron chi connectivity index (χ1n) is 13.0. The van der Waals surface area contributed by atoms with Gasteiger partial charge in [-0.3, -0.25) is 23.5 Å². The summed E-state index contributed by atoms with van der Waals surface area (Å²) in [7, 11) is -1.38. The lowest BCUT2D eigenvalue weighted by Crippen LogP contribution is -2.47. The number of rotatable bonds is 2. The smallest absolute Gasteiger partial charge is 0.330 e. The molecule has 1 saturated heterocycles. The van der Waals surface area contributed by atoms with Crippen molar-refractivity contribution in [2.45, 2.75) is 43.2 Å². The number of hydrogen-bond donors (Lipinski definition) is 2. The second-order valence-corrected chi connectivity index (χ2v) is 12.0. The van der Waals surface area contributed by atoms with Gasteiger partial charge in [0, 0.05) is 44.7 Å². The third-order valence-corrected chi connectivity index (χ3v) is 9.62. The zero-order valence-electron chi connectivity index (χ0n) is 22.5. The number of fused-ring (bicyclic) bond motifs is 5. The van der Waals surface area contributed by atoms with E-state index < -0.39 is 33.4 Å². The first kappa shape index (κ1) is 27.6. The summed E-state index contributed by atoms with van der Waals surface area (Å²) in [5, 5.41) is 5.71. The number of hydrogen-bond acceptors (Lipinski definition) is 7. The van der Waals surface area contributed by atoms with Gasteiger partial charge < -0.3 is 15.4 Å². The molecule has 2 aliphatic rings. The van der Waals surface area contributed by atoms with E-state index in [0.29, 0.717) is 29.7 Å². The molecule has 0 saturated carbocycles. The van der Waals surface area contributed by atoms with Crippen molar-refractivity contribution in [3.05, 3.63) is 68.4 Å². The van der Waals surface area contributed by atoms with Crippen molar-refractivity contribution in [3.8, 4) is 5.75 Å². The van der Waals surface area contributed by atoms with Crippen LogP contribution in [-0.2, 0) is 28.9 Å². The number of aryl methyl sites for hydroxylation is 2. The molecule has 0 radical (unpaired) electrons. The molecular formula is C27H31N5O7S. The van der Waals surface area contributed by atoms with Crippen LogP contribution in [0.15, 0.2) is 50.9 Å². The Labute approximate surface area is 230 Å². The Morgan fingerprint density at radius 2 is 1.68 bits per heavy atom. The summed E-state index contributed by atoms with van der Waals surface area (Å²) in [6.45, 7) is 2.28. The molecule has 0 unspecified atom stereocenters. The van der Waals surface area contributed by atoms with Crippen molar-refractivity contribution in [3.63, 3.8) is 0 Å². The predicted octanol–water partition coefficient (Wildman–Crippen LogP) is 0.396. The van der Waals surface area contributed by atoms with Crippen LogP contribution >= 0.6 is 0 Å². The molecule has 0 aliphatic carbocycles. The van der Waals surface area contributed by atoms with Crippen LogP contribution in [0, 0.1) is 6.92 Å². The molecule has 2 atom stereocenters. The van der Waals surface area contributed by atoms with Gasteiger partial charge in [0.25, 0.3) is 11.5 Å². The zero-order valence-corrected chi connectivity index (χ0v) is 23.3. The van der Waals surface area contributed by atoms with E-state index in [1.165, 1.54) is 41.2 Å². The van der Waals surface area contributed by atoms with Crippen molar-refractivity contribution in [1.82, 2.24) is 24.1 Å². The number of carbonyl (C=O) groups is 2. The van der Waals surface area contributed by atoms with Crippen molar-refractivity contribution in [2.75, 3.05) is 19.7 Å². The van der Waals surface area contributed by atoms with E-state index in [0.717, 1.165) is 10.1 Å². The number of benzene rings is 2. The van der Waals surface area contributed by atoms with Crippen LogP contribution in [0.3, 0.4) is 0 Å². The average Bonchev–Trinajstić information content (AvgIpc) is 3.34. The van der Waals surface area contributed by atoms with Gasteiger partial charge in [-0.1, -0.05) is 6.07 Å². The number of carbonyl (C=O) groups excluding carboxylic acids is 2. The number of sulfonamides is 1. The van der Waals surface area contributed by atoms with Gasteiger partial charge in [-0.25, -0.2) is 13.2 Å². The Morgan fingerprint density at radius 1 is 0.925 bits per heavy atom. The van der Waals surface area contributed by atoms with E-state index in [1.54, 1.807) is 18.2 Å². The molecule has 1 aromatic heterocycles. The second-order valence-electron chi connectivity index (χ2n) is 10.2. The molecule has 3 aromatic rings. The summed E-state index contributed by atoms with van der Waals surface area (Å²) in [6, 6.07) is 7.86. The van der Waals surface area contributed by atoms with E-state index in [4.69, 9.17) is 4.74 Å². The first-order valence-corrected chi connectivity index (χ1v) is 14.4. The minimum absolute atomic E-state index is 0.0318. The molecule has 40 heavy (non-hydrogen) atoms. The molecule has 12 nitrogen and oxygen atoms in total. The van der Waals surface area contributed by atoms with Gasteiger partial charge in [0.05, 0.1) is 22.3 Å². The Bertz CT molecular complexity index is 1740. The molecular weight excluding hydrogens is 538 g/mol. The van der Waals surface area contributed by atoms with Gasteiger partial charge in [0.15, 0.2) is 0 Å². The van der Waals surface area contributed by atoms with E-state index in [1.807, 2.05) is 6.92 Å². The largest absolute Gasteiger partial charge is 0.491 e. The lowest BCUT2D eigenvalue weighted by molar-refractivity contribution is -0.121. The van der Waals surface area contributed by atoms with Crippen LogP contribution in [0.2, 0.25) is 0 Å². The molecule has 2 aromatic carbocycles. The fourth-order valence-electron chi connectivity index (χ4n) is 5.42. The topological polar surface area (TPSA) is 149 Å². The summed E-state index contributed by atoms with van der Waals surface area (Å²) in [4.78, 5) is 50.8. The van der Waals surface area contributed by atoms with Gasteiger partial charge in [-0.2, -0.15) is 4.31 Å². The Morgan fingerprint density at radius 3 is 2.45 bits per heavy atom. The van der Waals surface area contributed by atoms with Gasteiger partial charge >= 0.3 is 5.69 Å². The van der Waals surface area contributed by atoms with E-state index >= 15 is 0 Å². The highest BCUT2D eigenvalue weighted by atomic mass is 32.2. The van der Waals surface area contributed by atoms with Crippen molar-refractivity contribution in [2.24, 2.45) is 14.1 Å². The quantitative estimate of drug-likeness (QED) is 0.454. The lowest BCUT2D eigenvalue weighted by Gasteiger charge is -2.29. The number of nitrogens with one attached hydrogen (secondary N) is 2. The van der Waals surface area contributed by atoms with Crippen molar-refractivity contribution >= 4 is 32.7 Å². The van der Waals surface area contributed by atoms with E-state index in [9.17, 15) is 27.6 Å². The maximum Gasteiger partial charge on any atom is 0.330 e. The standard InChI is InChI=1S/C27H31N5O7S/c1-16-4-5-17-12-23(16)39-11-10-28-24(33)13-18-6-7-19(15-29-25(17)34)32(18)40(37,38)20-8-9-22-21(14-20)26(35)31(3)27(36)30(22)2/h4-5,8-9,12,14,18-19H,6-7,10-11,13,15H2,1-3H3,(H,28,33)(H,29,34)/t18-,19+/m0/s1. The van der Waals surface area contributed by atoms with Crippen LogP contribution in [0.5, 0.6) is 5.75 Å². The van der Waals surface area contributed by atoms with E-state index in [-0.39, 0.29) is 48.2 Å². The van der Waals surface area contributed by atoms with Crippen LogP contribution in [0.25, 0.3) is 10.9 Å². The molecule has 212 valence electrons. The molecule has 4 bridgehead atoms. The SMILES string of the molecule is Cc1ccc2cc1OCCNC(=O)C[C@@H]1CC[C@H](CNC2=O)N1S(=O)(=O)c1ccc2c(c1)c(=O)n(C)c(=O)n2C. The Kier molecular flexibility index (Phi) is 7.27. The first-order chi connectivity index (χ1) is 19.0. The minimum Gasteiger partial charge on any atom is -0.491 e. The lowest BCUT2D eigenvalue weighted by atomic mass is 10.1. The average molecular weight is 570 g/mol. The molecule has 13 heteroatoms. The van der Waals surface area contributed by atoms with Gasteiger partial charge in [0.2, 0.25) is 15.9 Å². The number of ether oxygens (including phenoxy) is 1. The highest BCUT2D eigenvalue weighted by Crippen LogP contribution is 2.33. The van der Waals surface area contributed by atoms with Crippen LogP contribution < -0.4 is 26.6 Å². The van der Waals surface area contributed by atoms with E-state index in [2.05, 4.69) is 10.6 Å². The Hall–Kier alpha value is -3.97. The fraction of sp³-hybridized carbons (Fsp3) is 0.407. The van der Waals surface area contributed by atoms with Crippen LogP contribution in [0.4, 0.5) is 0 Å². The molecule has 2 N–H and O–H groups in total. The highest BCUT2D eigenvalue weighted by Gasteiger charge is 2.43. The summed E-state index contributed by atoms with van der Waals surface area (Å²) < 4.78 is 37.4. The van der Waals surface area contributed by atoms with Crippen molar-refractivity contribution < 1.29 is 22.7 Å². The molecule has 5 rings (SSSR count). The molecule has 2 aliphatic heterocycles. The Balaban J connectivity index is 1.54. The van der Waals surface area contributed by atoms with Gasteiger partial charge in [-0.05, 0) is 55.7 Å². The molecule has 1 fully saturated rings. The van der Waals surface area contributed by atoms with Crippen LogP contribution in [-0.4, -0.2) is 65.5 Å². The third kappa shape index (κ3) is 4.90. The predicted molar refractivity (Wildman–Crippen MR) is 147 cm³/mol. The molecule has 0 spiro atoms. The summed E-state index contributed by atoms with van der Waals surface area (Å²) in [6.07, 6.45) is 0.784. The van der Waals surface area contributed by atoms with Crippen molar-refractivity contribution in [1.29, 1.82) is 0 Å². The maximum atomic E-state index is 14.1. The molecule has 3 heterocycles. The monoisotopic (exact) mass is 569 g/mol. The summed E-state index contributed by atoms with van der Waals surface area (Å²) >= 11 is 0. The summed E-state index contributed by atoms with van der Waals surface area (Å²) in [5.74, 6) is -0.159. The number of amides is 2. The highest BCUT2D eigenvalue weighted by molar-refractivity contribution is 7.89. The third-order valence-electron chi connectivity index (χ3n) is 7.62. The van der Waals surface area contributed by atoms with Gasteiger partial charge in [0.1, 0.15) is 12.4 Å². The summed E-state index contributed by atoms with van der Waals surface area (Å²) in [5.41, 5.74) is 0.387. The normalized spacial score (nSPS) is 20.8. The number of aromatic nitrogens is 2. The second kappa shape index (κ2) is 10.5.